The second-order valence-corrected chi connectivity index (χ2v) is 4.50. The quantitative estimate of drug-likeness (QED) is 0.661. The lowest BCUT2D eigenvalue weighted by molar-refractivity contribution is -0.0510. The van der Waals surface area contributed by atoms with Gasteiger partial charge in [0, 0.05) is 18.9 Å². The summed E-state index contributed by atoms with van der Waals surface area (Å²) in [4.78, 5) is 4.10. The number of aryl methyl sites for hydroxylation is 2. The van der Waals surface area contributed by atoms with E-state index >= 15 is 0 Å². The van der Waals surface area contributed by atoms with Gasteiger partial charge >= 0.3 is 15.6 Å². The molecule has 1 heterocycles. The number of rotatable bonds is 2. The minimum atomic E-state index is -5.84. The highest BCUT2D eigenvalue weighted by Crippen LogP contribution is 2.20. The third-order valence-corrected chi connectivity index (χ3v) is 2.27. The van der Waals surface area contributed by atoms with Crippen molar-refractivity contribution in [1.82, 2.24) is 9.55 Å². The van der Waals surface area contributed by atoms with Crippen molar-refractivity contribution in [2.75, 3.05) is 0 Å². The van der Waals surface area contributed by atoms with Gasteiger partial charge in [-0.25, -0.2) is 4.98 Å². The van der Waals surface area contributed by atoms with Gasteiger partial charge in [-0.3, -0.25) is 4.55 Å². The lowest BCUT2D eigenvalue weighted by atomic mass is 10.5. The van der Waals surface area contributed by atoms with Crippen molar-refractivity contribution in [3.05, 3.63) is 18.2 Å². The van der Waals surface area contributed by atoms with Crippen LogP contribution in [0.25, 0.3) is 0 Å². The highest BCUT2D eigenvalue weighted by molar-refractivity contribution is 7.86. The average molecular weight is 274 g/mol. The van der Waals surface area contributed by atoms with Gasteiger partial charge in [0.05, 0.1) is 0 Å². The molecule has 9 heteroatoms. The Bertz CT molecular complexity index is 439. The Hall–Kier alpha value is -1.09. The molecule has 1 aromatic rings. The van der Waals surface area contributed by atoms with Crippen LogP contribution in [0.2, 0.25) is 0 Å². The van der Waals surface area contributed by atoms with Crippen LogP contribution in [0, 0.1) is 6.92 Å². The first-order chi connectivity index (χ1) is 7.59. The van der Waals surface area contributed by atoms with Crippen molar-refractivity contribution >= 4 is 10.1 Å². The summed E-state index contributed by atoms with van der Waals surface area (Å²) in [7, 11) is -5.84. The lowest BCUT2D eigenvalue weighted by Gasteiger charge is -1.99. The first-order valence-corrected chi connectivity index (χ1v) is 6.05. The Kier molecular flexibility index (Phi) is 5.62. The van der Waals surface area contributed by atoms with Crippen molar-refractivity contribution in [3.63, 3.8) is 0 Å². The van der Waals surface area contributed by atoms with Crippen LogP contribution in [0.4, 0.5) is 13.2 Å². The Morgan fingerprint density at radius 2 is 1.94 bits per heavy atom. The van der Waals surface area contributed by atoms with Crippen LogP contribution in [-0.2, 0) is 16.7 Å². The van der Waals surface area contributed by atoms with Crippen LogP contribution in [0.15, 0.2) is 12.4 Å². The number of aromatic nitrogens is 2. The van der Waals surface area contributed by atoms with Gasteiger partial charge in [-0.15, -0.1) is 0 Å². The van der Waals surface area contributed by atoms with Crippen LogP contribution in [0.5, 0.6) is 0 Å². The smallest absolute Gasteiger partial charge is 0.335 e. The maximum atomic E-state index is 10.7. The molecule has 0 unspecified atom stereocenters. The Balaban J connectivity index is 0.000000304. The van der Waals surface area contributed by atoms with Gasteiger partial charge in [0.1, 0.15) is 5.82 Å². The molecule has 0 saturated heterocycles. The maximum Gasteiger partial charge on any atom is 0.522 e. The minimum absolute atomic E-state index is 1.09. The fraction of sp³-hybridized carbons (Fsp3) is 0.625. The molecule has 0 aromatic carbocycles. The van der Waals surface area contributed by atoms with Crippen molar-refractivity contribution in [3.8, 4) is 0 Å². The molecule has 1 rings (SSSR count). The molecule has 0 fully saturated rings. The summed E-state index contributed by atoms with van der Waals surface area (Å²) in [5, 5.41) is 0. The molecule has 0 aliphatic rings. The number of imidazole rings is 1. The van der Waals surface area contributed by atoms with Gasteiger partial charge in [0.25, 0.3) is 0 Å². The topological polar surface area (TPSA) is 72.2 Å². The van der Waals surface area contributed by atoms with E-state index in [1.807, 2.05) is 19.3 Å². The first kappa shape index (κ1) is 15.9. The Morgan fingerprint density at radius 1 is 1.47 bits per heavy atom. The van der Waals surface area contributed by atoms with Gasteiger partial charge in [0.15, 0.2) is 0 Å². The zero-order valence-corrected chi connectivity index (χ0v) is 10.1. The van der Waals surface area contributed by atoms with Crippen LogP contribution in [-0.4, -0.2) is 28.0 Å². The normalized spacial score (nSPS) is 11.9. The largest absolute Gasteiger partial charge is 0.522 e. The molecular formula is C8H13F3N2O3S. The summed E-state index contributed by atoms with van der Waals surface area (Å²) in [6, 6.07) is 0. The molecule has 0 saturated carbocycles. The standard InChI is InChI=1S/C7H12N2.CHF3O3S/c1-3-5-9-6-4-8-7(9)2;2-1(3,4)8(5,6)7/h4,6H,3,5H2,1-2H3;(H,5,6,7). The molecule has 17 heavy (non-hydrogen) atoms. The summed E-state index contributed by atoms with van der Waals surface area (Å²) in [6.07, 6.45) is 5.03. The summed E-state index contributed by atoms with van der Waals surface area (Å²) < 4.78 is 59.7. The monoisotopic (exact) mass is 274 g/mol. The van der Waals surface area contributed by atoms with E-state index in [2.05, 4.69) is 16.5 Å². The number of hydrogen-bond acceptors (Lipinski definition) is 3. The van der Waals surface area contributed by atoms with Gasteiger partial charge in [-0.1, -0.05) is 6.92 Å². The van der Waals surface area contributed by atoms with E-state index < -0.39 is 15.6 Å². The van der Waals surface area contributed by atoms with Gasteiger partial charge in [-0.2, -0.15) is 21.6 Å². The van der Waals surface area contributed by atoms with E-state index in [0.717, 1.165) is 12.4 Å². The second-order valence-electron chi connectivity index (χ2n) is 3.09. The molecule has 1 N–H and O–H groups in total. The fourth-order valence-electron chi connectivity index (χ4n) is 0.881. The van der Waals surface area contributed by atoms with E-state index in [4.69, 9.17) is 13.0 Å². The molecule has 1 aromatic heterocycles. The molecular weight excluding hydrogens is 261 g/mol. The summed E-state index contributed by atoms with van der Waals surface area (Å²) >= 11 is 0. The van der Waals surface area contributed by atoms with Gasteiger partial charge < -0.3 is 4.57 Å². The van der Waals surface area contributed by atoms with Gasteiger partial charge in [0.2, 0.25) is 0 Å². The summed E-state index contributed by atoms with van der Waals surface area (Å²) in [5.74, 6) is 1.11. The Labute approximate surface area is 97.0 Å². The molecule has 0 bridgehead atoms. The minimum Gasteiger partial charge on any atom is -0.335 e. The number of halogens is 3. The first-order valence-electron chi connectivity index (χ1n) is 4.61. The summed E-state index contributed by atoms with van der Waals surface area (Å²) in [6.45, 7) is 5.28. The van der Waals surface area contributed by atoms with E-state index in [9.17, 15) is 13.2 Å². The molecule has 5 nitrogen and oxygen atoms in total. The highest BCUT2D eigenvalue weighted by atomic mass is 32.2. The van der Waals surface area contributed by atoms with E-state index in [1.54, 1.807) is 0 Å². The van der Waals surface area contributed by atoms with Crippen molar-refractivity contribution < 1.29 is 26.1 Å². The molecule has 0 amide bonds. The SMILES string of the molecule is CCCn1ccnc1C.O=S(=O)(O)C(F)(F)F. The van der Waals surface area contributed by atoms with Crippen LogP contribution >= 0.6 is 0 Å². The maximum absolute atomic E-state index is 10.7. The van der Waals surface area contributed by atoms with Gasteiger partial charge in [-0.05, 0) is 13.3 Å². The van der Waals surface area contributed by atoms with Crippen LogP contribution < -0.4 is 0 Å². The van der Waals surface area contributed by atoms with Crippen molar-refractivity contribution in [2.24, 2.45) is 0 Å². The molecule has 100 valence electrons. The Morgan fingerprint density at radius 3 is 2.18 bits per heavy atom. The zero-order chi connectivity index (χ0) is 13.7. The molecule has 0 atom stereocenters. The van der Waals surface area contributed by atoms with E-state index in [0.29, 0.717) is 0 Å². The van der Waals surface area contributed by atoms with Crippen LogP contribution in [0.1, 0.15) is 19.2 Å². The predicted molar refractivity (Wildman–Crippen MR) is 54.9 cm³/mol. The average Bonchev–Trinajstić information content (AvgIpc) is 2.50. The summed E-state index contributed by atoms with van der Waals surface area (Å²) in [5.41, 5.74) is -5.53. The molecule has 0 aliphatic carbocycles. The highest BCUT2D eigenvalue weighted by Gasteiger charge is 2.44. The molecule has 0 spiro atoms. The van der Waals surface area contributed by atoms with Crippen LogP contribution in [0.3, 0.4) is 0 Å². The number of nitrogens with zero attached hydrogens (tertiary/aromatic N) is 2. The third kappa shape index (κ3) is 5.68. The van der Waals surface area contributed by atoms with E-state index in [-0.39, 0.29) is 0 Å². The predicted octanol–water partition coefficient (Wildman–Crippen LogP) is 2.00. The van der Waals surface area contributed by atoms with Crippen molar-refractivity contribution in [2.45, 2.75) is 32.3 Å². The molecule has 0 radical (unpaired) electrons. The number of hydrogen-bond donors (Lipinski definition) is 1. The lowest BCUT2D eigenvalue weighted by Crippen LogP contribution is -2.21. The van der Waals surface area contributed by atoms with E-state index in [1.165, 1.54) is 6.42 Å². The third-order valence-electron chi connectivity index (χ3n) is 1.68. The van der Waals surface area contributed by atoms with Crippen molar-refractivity contribution in [1.29, 1.82) is 0 Å². The molecule has 0 aliphatic heterocycles. The zero-order valence-electron chi connectivity index (χ0n) is 9.27. The number of alkyl halides is 3. The fourth-order valence-corrected chi connectivity index (χ4v) is 0.881. The second kappa shape index (κ2) is 6.01.